The van der Waals surface area contributed by atoms with Crippen molar-refractivity contribution in [3.8, 4) is 62.7 Å². The molecule has 0 N–H and O–H groups in total. The maximum absolute atomic E-state index is 10.5. The summed E-state index contributed by atoms with van der Waals surface area (Å²) in [7, 11) is 0. The lowest BCUT2D eigenvalue weighted by molar-refractivity contribution is 1.07. The van der Waals surface area contributed by atoms with E-state index in [1.807, 2.05) is 84.9 Å². The van der Waals surface area contributed by atoms with Gasteiger partial charge in [-0.3, -0.25) is 0 Å². The van der Waals surface area contributed by atoms with Crippen LogP contribution in [0.15, 0.2) is 194 Å². The number of hydrogen-bond donors (Lipinski definition) is 0. The van der Waals surface area contributed by atoms with Crippen LogP contribution in [0.4, 0.5) is 0 Å². The molecule has 0 aliphatic rings. The summed E-state index contributed by atoms with van der Waals surface area (Å²) in [6, 6.07) is 69.0. The summed E-state index contributed by atoms with van der Waals surface area (Å²) in [5, 5.41) is 15.2. The largest absolute Gasteiger partial charge is 0.309 e. The first-order chi connectivity index (χ1) is 28.7. The molecule has 58 heavy (non-hydrogen) atoms. The molecular formula is C52H32N6. The zero-order valence-corrected chi connectivity index (χ0v) is 31.2. The lowest BCUT2D eigenvalue weighted by Crippen LogP contribution is -2.02. The molecule has 0 bridgehead atoms. The highest BCUT2D eigenvalue weighted by atomic mass is 15.0. The number of benzene rings is 8. The molecule has 0 aliphatic carbocycles. The molecule has 0 spiro atoms. The van der Waals surface area contributed by atoms with Crippen LogP contribution in [-0.4, -0.2) is 24.1 Å². The number of nitrogens with zero attached hydrogens (tertiary/aromatic N) is 6. The minimum absolute atomic E-state index is 0.547. The molecule has 0 aliphatic heterocycles. The lowest BCUT2D eigenvalue weighted by Gasteiger charge is -2.17. The molecule has 0 saturated heterocycles. The standard InChI is InChI=1S/C52H32N6/c53-33-37-20-10-11-23-39(37)43-32-36(52-55-50(34-16-4-1-5-17-34)54-51(56-52)35-18-6-2-7-19-35)28-30-46(43)58-45-27-15-13-25-42(45)48-47(58)31-29-41-40-24-12-14-26-44(40)57(49(41)48)38-21-8-3-9-22-38/h1-32H. The third-order valence-electron chi connectivity index (χ3n) is 11.0. The SMILES string of the molecule is N#Cc1ccccc1-c1cc(-c2nc(-c3ccccc3)nc(-c3ccccc3)n2)ccc1-n1c2ccccc2c2c1ccc1c3ccccc3n(-c3ccccc3)c12. The van der Waals surface area contributed by atoms with Gasteiger partial charge >= 0.3 is 0 Å². The molecule has 3 heterocycles. The first-order valence-electron chi connectivity index (χ1n) is 19.3. The van der Waals surface area contributed by atoms with Crippen molar-refractivity contribution in [3.63, 3.8) is 0 Å². The van der Waals surface area contributed by atoms with E-state index < -0.39 is 0 Å². The molecule has 270 valence electrons. The van der Waals surface area contributed by atoms with Crippen molar-refractivity contribution in [2.75, 3.05) is 0 Å². The van der Waals surface area contributed by atoms with Crippen LogP contribution in [0.3, 0.4) is 0 Å². The normalized spacial score (nSPS) is 11.4. The Morgan fingerprint density at radius 1 is 0.397 bits per heavy atom. The topological polar surface area (TPSA) is 72.3 Å². The van der Waals surface area contributed by atoms with Gasteiger partial charge in [0.2, 0.25) is 0 Å². The number of aromatic nitrogens is 5. The van der Waals surface area contributed by atoms with Gasteiger partial charge in [0.1, 0.15) is 0 Å². The van der Waals surface area contributed by atoms with E-state index in [4.69, 9.17) is 15.0 Å². The molecule has 11 aromatic rings. The second-order valence-electron chi connectivity index (χ2n) is 14.3. The van der Waals surface area contributed by atoms with Gasteiger partial charge in [0, 0.05) is 55.0 Å². The minimum atomic E-state index is 0.547. The highest BCUT2D eigenvalue weighted by molar-refractivity contribution is 6.26. The van der Waals surface area contributed by atoms with Crippen LogP contribution in [0.5, 0.6) is 0 Å². The molecule has 0 atom stereocenters. The Bertz CT molecular complexity index is 3340. The summed E-state index contributed by atoms with van der Waals surface area (Å²) in [6.45, 7) is 0. The van der Waals surface area contributed by atoms with E-state index in [-0.39, 0.29) is 0 Å². The van der Waals surface area contributed by atoms with Crippen LogP contribution < -0.4 is 0 Å². The fourth-order valence-electron chi connectivity index (χ4n) is 8.45. The molecule has 0 saturated carbocycles. The highest BCUT2D eigenvalue weighted by Gasteiger charge is 2.23. The van der Waals surface area contributed by atoms with E-state index in [1.54, 1.807) is 0 Å². The third-order valence-corrected chi connectivity index (χ3v) is 11.0. The number of rotatable bonds is 6. The Hall–Kier alpha value is -8.14. The van der Waals surface area contributed by atoms with Gasteiger partial charge in [0.05, 0.1) is 39.4 Å². The zero-order chi connectivity index (χ0) is 38.6. The van der Waals surface area contributed by atoms with E-state index in [9.17, 15) is 5.26 Å². The van der Waals surface area contributed by atoms with Crippen molar-refractivity contribution >= 4 is 43.6 Å². The minimum Gasteiger partial charge on any atom is -0.309 e. The maximum Gasteiger partial charge on any atom is 0.164 e. The Morgan fingerprint density at radius 2 is 0.948 bits per heavy atom. The fourth-order valence-corrected chi connectivity index (χ4v) is 8.45. The van der Waals surface area contributed by atoms with Gasteiger partial charge in [-0.25, -0.2) is 15.0 Å². The highest BCUT2D eigenvalue weighted by Crippen LogP contribution is 2.44. The van der Waals surface area contributed by atoms with Gasteiger partial charge in [-0.1, -0.05) is 140 Å². The average molecular weight is 741 g/mol. The van der Waals surface area contributed by atoms with Gasteiger partial charge in [-0.2, -0.15) is 5.26 Å². The van der Waals surface area contributed by atoms with E-state index in [1.165, 1.54) is 10.8 Å². The Morgan fingerprint density at radius 3 is 1.62 bits per heavy atom. The van der Waals surface area contributed by atoms with Gasteiger partial charge < -0.3 is 9.13 Å². The van der Waals surface area contributed by atoms with E-state index >= 15 is 0 Å². The van der Waals surface area contributed by atoms with Crippen molar-refractivity contribution in [2.24, 2.45) is 0 Å². The van der Waals surface area contributed by atoms with Crippen molar-refractivity contribution in [1.82, 2.24) is 24.1 Å². The Kier molecular flexibility index (Phi) is 7.76. The Labute approximate surface area is 334 Å². The zero-order valence-electron chi connectivity index (χ0n) is 31.2. The molecule has 8 aromatic carbocycles. The molecule has 3 aromatic heterocycles. The van der Waals surface area contributed by atoms with E-state index in [0.717, 1.165) is 72.0 Å². The van der Waals surface area contributed by atoms with E-state index in [2.05, 4.69) is 124 Å². The summed E-state index contributed by atoms with van der Waals surface area (Å²) in [5.74, 6) is 1.73. The van der Waals surface area contributed by atoms with Gasteiger partial charge in [0.15, 0.2) is 17.5 Å². The quantitative estimate of drug-likeness (QED) is 0.170. The summed E-state index contributed by atoms with van der Waals surface area (Å²) < 4.78 is 4.75. The molecule has 0 radical (unpaired) electrons. The Balaban J connectivity index is 1.22. The van der Waals surface area contributed by atoms with Crippen LogP contribution in [-0.2, 0) is 0 Å². The summed E-state index contributed by atoms with van der Waals surface area (Å²) in [4.78, 5) is 15.1. The van der Waals surface area contributed by atoms with Gasteiger partial charge in [-0.05, 0) is 54.6 Å². The van der Waals surface area contributed by atoms with E-state index in [0.29, 0.717) is 23.0 Å². The summed E-state index contributed by atoms with van der Waals surface area (Å²) in [5.41, 5.74) is 11.4. The second-order valence-corrected chi connectivity index (χ2v) is 14.3. The van der Waals surface area contributed by atoms with Crippen molar-refractivity contribution < 1.29 is 0 Å². The van der Waals surface area contributed by atoms with Crippen molar-refractivity contribution in [2.45, 2.75) is 0 Å². The molecule has 6 nitrogen and oxygen atoms in total. The maximum atomic E-state index is 10.5. The van der Waals surface area contributed by atoms with Crippen molar-refractivity contribution in [3.05, 3.63) is 200 Å². The lowest BCUT2D eigenvalue weighted by atomic mass is 9.96. The number of nitriles is 1. The molecule has 0 amide bonds. The van der Waals surface area contributed by atoms with Crippen LogP contribution >= 0.6 is 0 Å². The number of para-hydroxylation sites is 3. The van der Waals surface area contributed by atoms with Crippen LogP contribution in [0.1, 0.15) is 5.56 Å². The van der Waals surface area contributed by atoms with Crippen molar-refractivity contribution in [1.29, 1.82) is 5.26 Å². The van der Waals surface area contributed by atoms with Gasteiger partial charge in [-0.15, -0.1) is 0 Å². The average Bonchev–Trinajstić information content (AvgIpc) is 3.82. The predicted molar refractivity (Wildman–Crippen MR) is 235 cm³/mol. The van der Waals surface area contributed by atoms with Crippen LogP contribution in [0.2, 0.25) is 0 Å². The second kappa shape index (κ2) is 13.6. The molecule has 0 unspecified atom stereocenters. The first kappa shape index (κ1) is 33.2. The summed E-state index contributed by atoms with van der Waals surface area (Å²) in [6.07, 6.45) is 0. The first-order valence-corrected chi connectivity index (χ1v) is 19.3. The van der Waals surface area contributed by atoms with Crippen LogP contribution in [0.25, 0.3) is 100 Å². The summed E-state index contributed by atoms with van der Waals surface area (Å²) >= 11 is 0. The predicted octanol–water partition coefficient (Wildman–Crippen LogP) is 12.6. The molecule has 6 heteroatoms. The molecule has 0 fully saturated rings. The monoisotopic (exact) mass is 740 g/mol. The third kappa shape index (κ3) is 5.30. The van der Waals surface area contributed by atoms with Crippen LogP contribution in [0, 0.1) is 11.3 Å². The van der Waals surface area contributed by atoms with Gasteiger partial charge in [0.25, 0.3) is 0 Å². The molecular weight excluding hydrogens is 709 g/mol. The fraction of sp³-hybridized carbons (Fsp3) is 0. The number of hydrogen-bond acceptors (Lipinski definition) is 4. The number of fused-ring (bicyclic) bond motifs is 7. The smallest absolute Gasteiger partial charge is 0.164 e. The molecule has 11 rings (SSSR count).